The molecule has 10 heteroatoms. The summed E-state index contributed by atoms with van der Waals surface area (Å²) in [5, 5.41) is 5.17. The Balaban J connectivity index is 2.15. The van der Waals surface area contributed by atoms with E-state index in [2.05, 4.69) is 10.1 Å². The van der Waals surface area contributed by atoms with Crippen molar-refractivity contribution in [2.75, 3.05) is 6.54 Å². The van der Waals surface area contributed by atoms with Gasteiger partial charge in [0.15, 0.2) is 5.82 Å². The van der Waals surface area contributed by atoms with Gasteiger partial charge in [-0.1, -0.05) is 40.9 Å². The molecule has 2 aromatic heterocycles. The molecule has 0 radical (unpaired) electrons. The fraction of sp³-hybridized carbons (Fsp3) is 0.235. The van der Waals surface area contributed by atoms with Crippen molar-refractivity contribution >= 4 is 52.0 Å². The van der Waals surface area contributed by atoms with Gasteiger partial charge in [-0.2, -0.15) is 5.10 Å². The predicted octanol–water partition coefficient (Wildman–Crippen LogP) is 3.89. The van der Waals surface area contributed by atoms with Gasteiger partial charge in [0.2, 0.25) is 0 Å². The first-order valence-corrected chi connectivity index (χ1v) is 9.88. The predicted molar refractivity (Wildman–Crippen MR) is 110 cm³/mol. The molecule has 1 aromatic carbocycles. The molecule has 0 saturated carbocycles. The first kappa shape index (κ1) is 20.1. The largest absolute Gasteiger partial charge is 0.365 e. The molecule has 142 valence electrons. The Hall–Kier alpha value is -1.64. The molecular formula is C17H16Cl3N5OS. The number of primary amides is 1. The summed E-state index contributed by atoms with van der Waals surface area (Å²) < 4.78 is 2.00. The summed E-state index contributed by atoms with van der Waals surface area (Å²) in [6.45, 7) is 0.261. The Kier molecular flexibility index (Phi) is 6.08. The second-order valence-corrected chi connectivity index (χ2v) is 8.40. The molecule has 0 spiro atoms. The van der Waals surface area contributed by atoms with Crippen molar-refractivity contribution < 1.29 is 4.79 Å². The molecule has 6 nitrogen and oxygen atoms in total. The van der Waals surface area contributed by atoms with E-state index in [1.807, 2.05) is 6.07 Å². The highest BCUT2D eigenvalue weighted by molar-refractivity contribution is 7.18. The minimum atomic E-state index is -0.564. The van der Waals surface area contributed by atoms with Gasteiger partial charge in [0, 0.05) is 23.0 Å². The van der Waals surface area contributed by atoms with Crippen LogP contribution in [0.4, 0.5) is 0 Å². The topological polar surface area (TPSA) is 99.8 Å². The van der Waals surface area contributed by atoms with Crippen molar-refractivity contribution in [1.29, 1.82) is 0 Å². The lowest BCUT2D eigenvalue weighted by atomic mass is 9.89. The minimum Gasteiger partial charge on any atom is -0.365 e. The van der Waals surface area contributed by atoms with Gasteiger partial charge in [-0.3, -0.25) is 4.79 Å². The third-order valence-electron chi connectivity index (χ3n) is 4.24. The molecule has 0 aliphatic heterocycles. The van der Waals surface area contributed by atoms with Crippen molar-refractivity contribution in [2.45, 2.75) is 12.3 Å². The van der Waals surface area contributed by atoms with Gasteiger partial charge in [0.1, 0.15) is 10.7 Å². The molecular weight excluding hydrogens is 429 g/mol. The molecule has 2 heterocycles. The van der Waals surface area contributed by atoms with Gasteiger partial charge in [0.25, 0.3) is 5.91 Å². The van der Waals surface area contributed by atoms with Crippen LogP contribution in [0.2, 0.25) is 14.4 Å². The maximum absolute atomic E-state index is 12.1. The second-order valence-electron chi connectivity index (χ2n) is 5.94. The summed E-state index contributed by atoms with van der Waals surface area (Å²) in [7, 11) is 1.75. The molecule has 0 fully saturated rings. The maximum Gasteiger partial charge on any atom is 0.259 e. The quantitative estimate of drug-likeness (QED) is 0.602. The molecule has 1 atom stereocenters. The number of aromatic nitrogens is 3. The molecule has 3 aromatic rings. The van der Waals surface area contributed by atoms with E-state index in [0.29, 0.717) is 42.6 Å². The number of thiophene rings is 1. The molecule has 0 saturated heterocycles. The van der Waals surface area contributed by atoms with Crippen LogP contribution in [0.25, 0.3) is 11.4 Å². The van der Waals surface area contributed by atoms with E-state index < -0.39 is 5.91 Å². The van der Waals surface area contributed by atoms with Gasteiger partial charge in [-0.15, -0.1) is 11.3 Å². The molecule has 27 heavy (non-hydrogen) atoms. The number of amides is 1. The first-order chi connectivity index (χ1) is 12.8. The monoisotopic (exact) mass is 443 g/mol. The van der Waals surface area contributed by atoms with Gasteiger partial charge >= 0.3 is 0 Å². The van der Waals surface area contributed by atoms with Crippen LogP contribution in [0.1, 0.15) is 26.7 Å². The van der Waals surface area contributed by atoms with Crippen molar-refractivity contribution in [3.8, 4) is 11.4 Å². The van der Waals surface area contributed by atoms with Gasteiger partial charge in [0.05, 0.1) is 10.4 Å². The van der Waals surface area contributed by atoms with Crippen molar-refractivity contribution in [3.63, 3.8) is 0 Å². The van der Waals surface area contributed by atoms with Gasteiger partial charge in [-0.25, -0.2) is 9.67 Å². The summed E-state index contributed by atoms with van der Waals surface area (Å²) in [6.07, 6.45) is 1.91. The van der Waals surface area contributed by atoms with E-state index in [4.69, 9.17) is 46.3 Å². The van der Waals surface area contributed by atoms with Crippen LogP contribution < -0.4 is 11.5 Å². The van der Waals surface area contributed by atoms with E-state index in [9.17, 15) is 4.79 Å². The van der Waals surface area contributed by atoms with E-state index >= 15 is 0 Å². The van der Waals surface area contributed by atoms with Crippen LogP contribution in [0.5, 0.6) is 0 Å². The SMILES string of the molecule is Cn1ncnc1-c1c(Cl)sc(C(N)=O)c1[C@@H](CN)Cc1ccc(Cl)cc1Cl. The van der Waals surface area contributed by atoms with Crippen LogP contribution in [0.15, 0.2) is 24.5 Å². The Morgan fingerprint density at radius 1 is 1.33 bits per heavy atom. The molecule has 0 bridgehead atoms. The number of hydrogen-bond donors (Lipinski definition) is 2. The molecule has 0 aliphatic carbocycles. The van der Waals surface area contributed by atoms with Crippen molar-refractivity contribution in [2.24, 2.45) is 18.5 Å². The third-order valence-corrected chi connectivity index (χ3v) is 6.25. The van der Waals surface area contributed by atoms with Crippen LogP contribution in [0, 0.1) is 0 Å². The Morgan fingerprint density at radius 2 is 2.07 bits per heavy atom. The van der Waals surface area contributed by atoms with Crippen molar-refractivity contribution in [1.82, 2.24) is 14.8 Å². The maximum atomic E-state index is 12.1. The zero-order valence-electron chi connectivity index (χ0n) is 14.2. The smallest absolute Gasteiger partial charge is 0.259 e. The van der Waals surface area contributed by atoms with E-state index in [0.717, 1.165) is 16.9 Å². The highest BCUT2D eigenvalue weighted by Gasteiger charge is 2.29. The molecule has 1 amide bonds. The van der Waals surface area contributed by atoms with Gasteiger partial charge in [-0.05, 0) is 36.2 Å². The molecule has 3 rings (SSSR count). The first-order valence-electron chi connectivity index (χ1n) is 7.93. The number of nitrogens with zero attached hydrogens (tertiary/aromatic N) is 3. The Labute approximate surface area is 175 Å². The number of carbonyl (C=O) groups excluding carboxylic acids is 1. The lowest BCUT2D eigenvalue weighted by Gasteiger charge is -2.18. The number of nitrogens with two attached hydrogens (primary N) is 2. The van der Waals surface area contributed by atoms with E-state index in [1.165, 1.54) is 6.33 Å². The third kappa shape index (κ3) is 3.97. The number of carbonyl (C=O) groups is 1. The number of hydrogen-bond acceptors (Lipinski definition) is 5. The fourth-order valence-electron chi connectivity index (χ4n) is 2.97. The molecule has 4 N–H and O–H groups in total. The van der Waals surface area contributed by atoms with Crippen LogP contribution in [-0.4, -0.2) is 27.2 Å². The average molecular weight is 445 g/mol. The van der Waals surface area contributed by atoms with Crippen LogP contribution in [0.3, 0.4) is 0 Å². The zero-order valence-corrected chi connectivity index (χ0v) is 17.3. The normalized spacial score (nSPS) is 12.3. The highest BCUT2D eigenvalue weighted by atomic mass is 35.5. The number of rotatable bonds is 6. The lowest BCUT2D eigenvalue weighted by Crippen LogP contribution is -2.20. The summed E-state index contributed by atoms with van der Waals surface area (Å²) in [4.78, 5) is 16.7. The average Bonchev–Trinajstić information content (AvgIpc) is 3.17. The summed E-state index contributed by atoms with van der Waals surface area (Å²) in [5.74, 6) is -0.271. The number of benzene rings is 1. The Bertz CT molecular complexity index is 1000. The standard InChI is InChI=1S/C17H16Cl3N5OS/c1-25-17(23-7-24-25)13-12(14(16(22)26)27-15(13)20)9(6-21)4-8-2-3-10(18)5-11(8)19/h2-3,5,7,9H,4,6,21H2,1H3,(H2,22,26)/t9-/m1/s1. The minimum absolute atomic E-state index is 0.248. The van der Waals surface area contributed by atoms with Gasteiger partial charge < -0.3 is 11.5 Å². The van der Waals surface area contributed by atoms with Crippen molar-refractivity contribution in [3.05, 3.63) is 54.9 Å². The number of aryl methyl sites for hydroxylation is 1. The zero-order chi connectivity index (χ0) is 19.7. The molecule has 0 unspecified atom stereocenters. The summed E-state index contributed by atoms with van der Waals surface area (Å²) >= 11 is 19.9. The van der Waals surface area contributed by atoms with E-state index in [1.54, 1.807) is 23.9 Å². The van der Waals surface area contributed by atoms with Crippen LogP contribution in [-0.2, 0) is 13.5 Å². The Morgan fingerprint density at radius 3 is 2.63 bits per heavy atom. The molecule has 0 aliphatic rings. The van der Waals surface area contributed by atoms with E-state index in [-0.39, 0.29) is 12.5 Å². The lowest BCUT2D eigenvalue weighted by molar-refractivity contribution is 0.100. The highest BCUT2D eigenvalue weighted by Crippen LogP contribution is 2.44. The second kappa shape index (κ2) is 8.16. The number of halogens is 3. The summed E-state index contributed by atoms with van der Waals surface area (Å²) in [5.41, 5.74) is 13.8. The van der Waals surface area contributed by atoms with Crippen LogP contribution >= 0.6 is 46.1 Å². The fourth-order valence-corrected chi connectivity index (χ4v) is 4.84. The summed E-state index contributed by atoms with van der Waals surface area (Å²) in [6, 6.07) is 5.27.